The summed E-state index contributed by atoms with van der Waals surface area (Å²) in [6.07, 6.45) is 0. The number of rotatable bonds is 4. The molecule has 0 aliphatic rings. The number of carbonyl (C=O) groups excluding carboxylic acids is 1. The van der Waals surface area contributed by atoms with Crippen LogP contribution in [0.5, 0.6) is 0 Å². The van der Waals surface area contributed by atoms with Crippen molar-refractivity contribution in [2.75, 3.05) is 14.1 Å². The number of thioether (sulfide) groups is 1. The highest BCUT2D eigenvalue weighted by atomic mass is 32.2. The molecule has 2 aromatic carbocycles. The summed E-state index contributed by atoms with van der Waals surface area (Å²) >= 11 is 1.49. The Hall–Kier alpha value is -2.27. The molecule has 3 aromatic rings. The number of imidazole rings is 1. The summed E-state index contributed by atoms with van der Waals surface area (Å²) in [4.78, 5) is 18.9. The van der Waals surface area contributed by atoms with Crippen molar-refractivity contribution in [2.24, 2.45) is 7.05 Å². The number of fused-ring (bicyclic) bond motifs is 1. The molecular weight excluding hydrogens is 306 g/mol. The SMILES string of the molecule is CN(C)C(=O)[C@@H](Sc1nc2ccccc2n1C)c1ccccc1. The first-order valence-corrected chi connectivity index (χ1v) is 8.30. The molecule has 1 heterocycles. The standard InChI is InChI=1S/C18H19N3OS/c1-20(2)17(22)16(13-9-5-4-6-10-13)23-18-19-14-11-7-8-12-15(14)21(18)3/h4-12,16H,1-3H3/t16-/m0/s1. The number of hydrogen-bond acceptors (Lipinski definition) is 3. The molecule has 4 nitrogen and oxygen atoms in total. The zero-order valence-electron chi connectivity index (χ0n) is 13.4. The number of para-hydroxylation sites is 2. The van der Waals surface area contributed by atoms with Crippen molar-refractivity contribution in [1.82, 2.24) is 14.5 Å². The largest absolute Gasteiger partial charge is 0.348 e. The molecule has 0 spiro atoms. The third kappa shape index (κ3) is 3.10. The van der Waals surface area contributed by atoms with Gasteiger partial charge in [0.15, 0.2) is 5.16 Å². The first kappa shape index (κ1) is 15.6. The Bertz CT molecular complexity index is 827. The molecule has 23 heavy (non-hydrogen) atoms. The molecule has 0 N–H and O–H groups in total. The molecule has 5 heteroatoms. The fourth-order valence-corrected chi connectivity index (χ4v) is 3.68. The number of nitrogens with zero attached hydrogens (tertiary/aromatic N) is 3. The molecule has 1 amide bonds. The number of carbonyl (C=O) groups is 1. The van der Waals surface area contributed by atoms with Crippen molar-refractivity contribution in [3.63, 3.8) is 0 Å². The maximum absolute atomic E-state index is 12.6. The monoisotopic (exact) mass is 325 g/mol. The summed E-state index contributed by atoms with van der Waals surface area (Å²) in [5.74, 6) is 0.0632. The van der Waals surface area contributed by atoms with Crippen LogP contribution in [-0.2, 0) is 11.8 Å². The maximum Gasteiger partial charge on any atom is 0.240 e. The van der Waals surface area contributed by atoms with Gasteiger partial charge in [0.1, 0.15) is 5.25 Å². The van der Waals surface area contributed by atoms with Crippen molar-refractivity contribution in [2.45, 2.75) is 10.4 Å². The van der Waals surface area contributed by atoms with Crippen LogP contribution in [0.25, 0.3) is 11.0 Å². The van der Waals surface area contributed by atoms with E-state index in [1.165, 1.54) is 11.8 Å². The molecule has 0 saturated heterocycles. The number of aromatic nitrogens is 2. The molecular formula is C18H19N3OS. The summed E-state index contributed by atoms with van der Waals surface area (Å²) in [7, 11) is 5.56. The second-order valence-electron chi connectivity index (χ2n) is 5.58. The predicted octanol–water partition coefficient (Wildman–Crippen LogP) is 3.49. The lowest BCUT2D eigenvalue weighted by Gasteiger charge is -2.20. The van der Waals surface area contributed by atoms with Crippen molar-refractivity contribution < 1.29 is 4.79 Å². The molecule has 0 saturated carbocycles. The van der Waals surface area contributed by atoms with Crippen LogP contribution in [0.15, 0.2) is 59.8 Å². The molecule has 118 valence electrons. The minimum absolute atomic E-state index is 0.0632. The van der Waals surface area contributed by atoms with Crippen molar-refractivity contribution in [3.05, 3.63) is 60.2 Å². The first-order chi connectivity index (χ1) is 11.1. The summed E-state index contributed by atoms with van der Waals surface area (Å²) in [6.45, 7) is 0. The Kier molecular flexibility index (Phi) is 4.39. The van der Waals surface area contributed by atoms with Gasteiger partial charge in [0.2, 0.25) is 5.91 Å². The zero-order chi connectivity index (χ0) is 16.4. The van der Waals surface area contributed by atoms with E-state index in [0.717, 1.165) is 21.8 Å². The Morgan fingerprint density at radius 2 is 1.74 bits per heavy atom. The molecule has 0 aliphatic carbocycles. The molecule has 1 atom stereocenters. The number of aryl methyl sites for hydroxylation is 1. The quantitative estimate of drug-likeness (QED) is 0.689. The Labute approximate surface area is 140 Å². The highest BCUT2D eigenvalue weighted by molar-refractivity contribution is 8.00. The highest BCUT2D eigenvalue weighted by Gasteiger charge is 2.25. The molecule has 0 radical (unpaired) electrons. The van der Waals surface area contributed by atoms with Crippen LogP contribution in [0.3, 0.4) is 0 Å². The normalized spacial score (nSPS) is 12.3. The van der Waals surface area contributed by atoms with E-state index in [9.17, 15) is 4.79 Å². The molecule has 0 bridgehead atoms. The van der Waals surface area contributed by atoms with E-state index in [4.69, 9.17) is 0 Å². The molecule has 0 unspecified atom stereocenters. The summed E-state index contributed by atoms with van der Waals surface area (Å²) in [6, 6.07) is 17.9. The number of amides is 1. The van der Waals surface area contributed by atoms with Gasteiger partial charge in [-0.1, -0.05) is 54.2 Å². The van der Waals surface area contributed by atoms with Gasteiger partial charge >= 0.3 is 0 Å². The van der Waals surface area contributed by atoms with Crippen LogP contribution < -0.4 is 0 Å². The average molecular weight is 325 g/mol. The second kappa shape index (κ2) is 6.46. The summed E-state index contributed by atoms with van der Waals surface area (Å²) in [5, 5.41) is 0.539. The second-order valence-corrected chi connectivity index (χ2v) is 6.66. The number of likely N-dealkylation sites (N-methyl/N-ethyl adjacent to an activating group) is 1. The van der Waals surface area contributed by atoms with Gasteiger partial charge in [0.05, 0.1) is 11.0 Å². The molecule has 0 aliphatic heterocycles. The molecule has 3 rings (SSSR count). The highest BCUT2D eigenvalue weighted by Crippen LogP contribution is 2.36. The third-order valence-corrected chi connectivity index (χ3v) is 5.02. The number of benzene rings is 2. The lowest BCUT2D eigenvalue weighted by Crippen LogP contribution is -2.26. The van der Waals surface area contributed by atoms with Gasteiger partial charge in [-0.3, -0.25) is 4.79 Å². The Morgan fingerprint density at radius 3 is 2.39 bits per heavy atom. The smallest absolute Gasteiger partial charge is 0.240 e. The van der Waals surface area contributed by atoms with Gasteiger partial charge in [0.25, 0.3) is 0 Å². The summed E-state index contributed by atoms with van der Waals surface area (Å²) in [5.41, 5.74) is 3.00. The van der Waals surface area contributed by atoms with E-state index in [-0.39, 0.29) is 11.2 Å². The average Bonchev–Trinajstić information content (AvgIpc) is 2.89. The molecule has 1 aromatic heterocycles. The minimum Gasteiger partial charge on any atom is -0.348 e. The Balaban J connectivity index is 2.00. The van der Waals surface area contributed by atoms with Gasteiger partial charge in [0, 0.05) is 21.1 Å². The number of hydrogen-bond donors (Lipinski definition) is 0. The van der Waals surface area contributed by atoms with Crippen LogP contribution in [0, 0.1) is 0 Å². The van der Waals surface area contributed by atoms with Gasteiger partial charge in [-0.25, -0.2) is 4.98 Å². The van der Waals surface area contributed by atoms with E-state index >= 15 is 0 Å². The predicted molar refractivity (Wildman–Crippen MR) is 94.4 cm³/mol. The third-order valence-electron chi connectivity index (χ3n) is 3.74. The van der Waals surface area contributed by atoms with E-state index in [1.54, 1.807) is 19.0 Å². The van der Waals surface area contributed by atoms with E-state index in [1.807, 2.05) is 66.2 Å². The van der Waals surface area contributed by atoms with E-state index < -0.39 is 0 Å². The zero-order valence-corrected chi connectivity index (χ0v) is 14.2. The van der Waals surface area contributed by atoms with Gasteiger partial charge in [-0.15, -0.1) is 0 Å². The van der Waals surface area contributed by atoms with Crippen LogP contribution in [0.1, 0.15) is 10.8 Å². The van der Waals surface area contributed by atoms with Crippen molar-refractivity contribution >= 4 is 28.7 Å². The minimum atomic E-state index is -0.304. The fraction of sp³-hybridized carbons (Fsp3) is 0.222. The van der Waals surface area contributed by atoms with Gasteiger partial charge in [-0.05, 0) is 17.7 Å². The topological polar surface area (TPSA) is 38.1 Å². The fourth-order valence-electron chi connectivity index (χ4n) is 2.46. The summed E-state index contributed by atoms with van der Waals surface area (Å²) < 4.78 is 2.04. The van der Waals surface area contributed by atoms with Crippen LogP contribution in [0.4, 0.5) is 0 Å². The Morgan fingerprint density at radius 1 is 1.09 bits per heavy atom. The van der Waals surface area contributed by atoms with Gasteiger partial charge < -0.3 is 9.47 Å². The van der Waals surface area contributed by atoms with E-state index in [0.29, 0.717) is 0 Å². The van der Waals surface area contributed by atoms with Crippen LogP contribution in [-0.4, -0.2) is 34.5 Å². The van der Waals surface area contributed by atoms with E-state index in [2.05, 4.69) is 4.98 Å². The van der Waals surface area contributed by atoms with Gasteiger partial charge in [-0.2, -0.15) is 0 Å². The van der Waals surface area contributed by atoms with Crippen LogP contribution in [0.2, 0.25) is 0 Å². The van der Waals surface area contributed by atoms with Crippen LogP contribution >= 0.6 is 11.8 Å². The first-order valence-electron chi connectivity index (χ1n) is 7.42. The maximum atomic E-state index is 12.6. The lowest BCUT2D eigenvalue weighted by atomic mass is 10.1. The van der Waals surface area contributed by atoms with Crippen molar-refractivity contribution in [3.8, 4) is 0 Å². The van der Waals surface area contributed by atoms with Crippen molar-refractivity contribution in [1.29, 1.82) is 0 Å². The molecule has 0 fully saturated rings. The lowest BCUT2D eigenvalue weighted by molar-refractivity contribution is -0.128.